The third-order valence-corrected chi connectivity index (χ3v) is 2.59. The Balaban J connectivity index is 2.19. The van der Waals surface area contributed by atoms with E-state index in [0.717, 1.165) is 5.56 Å². The van der Waals surface area contributed by atoms with Gasteiger partial charge in [0.15, 0.2) is 5.82 Å². The molecular weight excluding hydrogens is 245 g/mol. The van der Waals surface area contributed by atoms with Crippen molar-refractivity contribution in [2.75, 3.05) is 0 Å². The Morgan fingerprint density at radius 1 is 1.53 bits per heavy atom. The standard InChI is InChI=1S/C11H11ClFN3O/c1-6(14)11-15-10(16-17-11)4-7-2-3-8(13)5-9(7)12/h2-3,5-6H,4,14H2,1H3/t6-/m1/s1. The third kappa shape index (κ3) is 2.81. The number of nitrogens with two attached hydrogens (primary N) is 1. The lowest BCUT2D eigenvalue weighted by atomic mass is 10.1. The van der Waals surface area contributed by atoms with Crippen LogP contribution in [-0.2, 0) is 6.42 Å². The molecule has 1 aromatic heterocycles. The zero-order valence-corrected chi connectivity index (χ0v) is 9.91. The van der Waals surface area contributed by atoms with E-state index >= 15 is 0 Å². The molecule has 1 aromatic carbocycles. The van der Waals surface area contributed by atoms with E-state index in [2.05, 4.69) is 10.1 Å². The molecule has 17 heavy (non-hydrogen) atoms. The van der Waals surface area contributed by atoms with Crippen LogP contribution in [-0.4, -0.2) is 10.1 Å². The quantitative estimate of drug-likeness (QED) is 0.915. The molecule has 0 saturated carbocycles. The van der Waals surface area contributed by atoms with Crippen molar-refractivity contribution in [1.29, 1.82) is 0 Å². The minimum absolute atomic E-state index is 0.306. The highest BCUT2D eigenvalue weighted by Crippen LogP contribution is 2.20. The summed E-state index contributed by atoms with van der Waals surface area (Å²) in [5, 5.41) is 4.12. The summed E-state index contributed by atoms with van der Waals surface area (Å²) in [5.41, 5.74) is 6.34. The van der Waals surface area contributed by atoms with E-state index in [1.165, 1.54) is 12.1 Å². The topological polar surface area (TPSA) is 64.9 Å². The SMILES string of the molecule is C[C@@H](N)c1nc(Cc2ccc(F)cc2Cl)no1. The minimum atomic E-state index is -0.372. The van der Waals surface area contributed by atoms with Gasteiger partial charge in [-0.05, 0) is 24.6 Å². The highest BCUT2D eigenvalue weighted by Gasteiger charge is 2.12. The zero-order valence-electron chi connectivity index (χ0n) is 9.15. The van der Waals surface area contributed by atoms with Crippen LogP contribution in [0, 0.1) is 5.82 Å². The number of rotatable bonds is 3. The summed E-state index contributed by atoms with van der Waals surface area (Å²) >= 11 is 5.90. The summed E-state index contributed by atoms with van der Waals surface area (Å²) in [7, 11) is 0. The van der Waals surface area contributed by atoms with Crippen molar-refractivity contribution in [3.05, 3.63) is 46.3 Å². The van der Waals surface area contributed by atoms with Crippen molar-refractivity contribution < 1.29 is 8.91 Å². The Bertz CT molecular complexity index is 527. The van der Waals surface area contributed by atoms with Crippen molar-refractivity contribution in [1.82, 2.24) is 10.1 Å². The summed E-state index contributed by atoms with van der Waals surface area (Å²) in [5.74, 6) is 0.479. The molecule has 2 aromatic rings. The van der Waals surface area contributed by atoms with Crippen molar-refractivity contribution in [3.8, 4) is 0 Å². The van der Waals surface area contributed by atoms with Crippen molar-refractivity contribution in [2.24, 2.45) is 5.73 Å². The number of halogens is 2. The molecule has 6 heteroatoms. The largest absolute Gasteiger partial charge is 0.338 e. The van der Waals surface area contributed by atoms with Crippen LogP contribution in [0.3, 0.4) is 0 Å². The van der Waals surface area contributed by atoms with Crippen LogP contribution in [0.4, 0.5) is 4.39 Å². The maximum Gasteiger partial charge on any atom is 0.243 e. The molecule has 0 saturated heterocycles. The Morgan fingerprint density at radius 2 is 2.29 bits per heavy atom. The summed E-state index contributed by atoms with van der Waals surface area (Å²) in [6.45, 7) is 1.75. The van der Waals surface area contributed by atoms with Gasteiger partial charge in [-0.3, -0.25) is 0 Å². The molecule has 0 aliphatic heterocycles. The fourth-order valence-corrected chi connectivity index (χ4v) is 1.59. The Morgan fingerprint density at radius 3 is 2.88 bits per heavy atom. The second-order valence-corrected chi connectivity index (χ2v) is 4.16. The predicted molar refractivity (Wildman–Crippen MR) is 61.1 cm³/mol. The average molecular weight is 256 g/mol. The molecule has 0 radical (unpaired) electrons. The first-order chi connectivity index (χ1) is 8.06. The van der Waals surface area contributed by atoms with Crippen LogP contribution < -0.4 is 5.73 Å². The Hall–Kier alpha value is -1.46. The van der Waals surface area contributed by atoms with Gasteiger partial charge in [0.05, 0.1) is 6.04 Å². The normalized spacial score (nSPS) is 12.7. The van der Waals surface area contributed by atoms with Crippen LogP contribution >= 0.6 is 11.6 Å². The second-order valence-electron chi connectivity index (χ2n) is 3.75. The highest BCUT2D eigenvalue weighted by atomic mass is 35.5. The van der Waals surface area contributed by atoms with Gasteiger partial charge in [-0.2, -0.15) is 4.98 Å². The second kappa shape index (κ2) is 4.81. The fourth-order valence-electron chi connectivity index (χ4n) is 1.36. The van der Waals surface area contributed by atoms with Gasteiger partial charge in [0.2, 0.25) is 5.89 Å². The minimum Gasteiger partial charge on any atom is -0.338 e. The zero-order chi connectivity index (χ0) is 12.4. The van der Waals surface area contributed by atoms with Crippen molar-refractivity contribution >= 4 is 11.6 Å². The molecule has 2 N–H and O–H groups in total. The molecule has 0 bridgehead atoms. The van der Waals surface area contributed by atoms with Crippen LogP contribution in [0.1, 0.15) is 30.2 Å². The van der Waals surface area contributed by atoms with Gasteiger partial charge >= 0.3 is 0 Å². The summed E-state index contributed by atoms with van der Waals surface area (Å²) in [6.07, 6.45) is 0.384. The van der Waals surface area contributed by atoms with Gasteiger partial charge in [-0.15, -0.1) is 0 Å². The van der Waals surface area contributed by atoms with Crippen LogP contribution in [0.25, 0.3) is 0 Å². The predicted octanol–water partition coefficient (Wildman–Crippen LogP) is 2.47. The van der Waals surface area contributed by atoms with Gasteiger partial charge < -0.3 is 10.3 Å². The molecular formula is C11H11ClFN3O. The maximum absolute atomic E-state index is 12.8. The van der Waals surface area contributed by atoms with Crippen molar-refractivity contribution in [2.45, 2.75) is 19.4 Å². The summed E-state index contributed by atoms with van der Waals surface area (Å²) in [6, 6.07) is 3.89. The van der Waals surface area contributed by atoms with Gasteiger partial charge in [-0.25, -0.2) is 4.39 Å². The summed E-state index contributed by atoms with van der Waals surface area (Å²) in [4.78, 5) is 4.11. The van der Waals surface area contributed by atoms with Gasteiger partial charge in [0.1, 0.15) is 5.82 Å². The van der Waals surface area contributed by atoms with Gasteiger partial charge in [0.25, 0.3) is 0 Å². The first-order valence-corrected chi connectivity index (χ1v) is 5.46. The molecule has 1 heterocycles. The van der Waals surface area contributed by atoms with E-state index in [9.17, 15) is 4.39 Å². The van der Waals surface area contributed by atoms with Crippen LogP contribution in [0.15, 0.2) is 22.7 Å². The number of nitrogens with zero attached hydrogens (tertiary/aromatic N) is 2. The average Bonchev–Trinajstić information content (AvgIpc) is 2.71. The molecule has 0 aliphatic rings. The Labute approximate surface area is 103 Å². The van der Waals surface area contributed by atoms with E-state index < -0.39 is 0 Å². The third-order valence-electron chi connectivity index (χ3n) is 2.24. The molecule has 0 spiro atoms. The first-order valence-electron chi connectivity index (χ1n) is 5.08. The Kier molecular flexibility index (Phi) is 3.40. The molecule has 0 amide bonds. The lowest BCUT2D eigenvalue weighted by Gasteiger charge is -2.00. The molecule has 1 atom stereocenters. The number of aromatic nitrogens is 2. The molecule has 0 fully saturated rings. The van der Waals surface area contributed by atoms with E-state index in [-0.39, 0.29) is 11.9 Å². The van der Waals surface area contributed by atoms with Crippen LogP contribution in [0.2, 0.25) is 5.02 Å². The first kappa shape index (κ1) is 12.0. The molecule has 2 rings (SSSR count). The van der Waals surface area contributed by atoms with E-state index in [0.29, 0.717) is 23.2 Å². The maximum atomic E-state index is 12.8. The lowest BCUT2D eigenvalue weighted by Crippen LogP contribution is -2.05. The summed E-state index contributed by atoms with van der Waals surface area (Å²) < 4.78 is 17.8. The smallest absolute Gasteiger partial charge is 0.243 e. The number of hydrogen-bond acceptors (Lipinski definition) is 4. The van der Waals surface area contributed by atoms with E-state index in [1.807, 2.05) is 0 Å². The molecule has 0 unspecified atom stereocenters. The van der Waals surface area contributed by atoms with E-state index in [4.69, 9.17) is 21.9 Å². The van der Waals surface area contributed by atoms with E-state index in [1.54, 1.807) is 13.0 Å². The molecule has 4 nitrogen and oxygen atoms in total. The van der Waals surface area contributed by atoms with Crippen LogP contribution in [0.5, 0.6) is 0 Å². The fraction of sp³-hybridized carbons (Fsp3) is 0.273. The highest BCUT2D eigenvalue weighted by molar-refractivity contribution is 6.31. The molecule has 90 valence electrons. The number of hydrogen-bond donors (Lipinski definition) is 1. The van der Waals surface area contributed by atoms with Gasteiger partial charge in [-0.1, -0.05) is 22.8 Å². The van der Waals surface area contributed by atoms with Crippen molar-refractivity contribution in [3.63, 3.8) is 0 Å². The van der Waals surface area contributed by atoms with Gasteiger partial charge in [0, 0.05) is 11.4 Å². The molecule has 0 aliphatic carbocycles. The monoisotopic (exact) mass is 255 g/mol. The number of benzene rings is 1. The lowest BCUT2D eigenvalue weighted by molar-refractivity contribution is 0.358.